The maximum absolute atomic E-state index is 2.48. The molecule has 9 rings (SSSR count). The third kappa shape index (κ3) is 2.19. The maximum atomic E-state index is 2.48. The van der Waals surface area contributed by atoms with Crippen LogP contribution in [0.4, 0.5) is 0 Å². The molecule has 0 spiro atoms. The van der Waals surface area contributed by atoms with Gasteiger partial charge in [-0.05, 0) is 74.9 Å². The van der Waals surface area contributed by atoms with Crippen LogP contribution in [0.5, 0.6) is 0 Å². The van der Waals surface area contributed by atoms with Gasteiger partial charge in [0.25, 0.3) is 0 Å². The molecule has 0 fully saturated rings. The molecule has 0 atom stereocenters. The lowest BCUT2D eigenvalue weighted by Crippen LogP contribution is -1.94. The van der Waals surface area contributed by atoms with Crippen molar-refractivity contribution in [3.05, 3.63) is 126 Å². The lowest BCUT2D eigenvalue weighted by atomic mass is 9.93. The molecule has 0 bridgehead atoms. The first-order valence-corrected chi connectivity index (χ1v) is 12.5. The fourth-order valence-electron chi connectivity index (χ4n) is 6.89. The fraction of sp³-hybridized carbons (Fsp3) is 0.0588. The molecular formula is C34H21N. The summed E-state index contributed by atoms with van der Waals surface area (Å²) < 4.78 is 2.48. The van der Waals surface area contributed by atoms with Gasteiger partial charge in [0.1, 0.15) is 0 Å². The smallest absolute Gasteiger partial charge is 0.0619 e. The second kappa shape index (κ2) is 6.20. The molecule has 7 aromatic rings. The van der Waals surface area contributed by atoms with E-state index >= 15 is 0 Å². The molecule has 1 nitrogen and oxygen atoms in total. The van der Waals surface area contributed by atoms with Crippen LogP contribution in [-0.4, -0.2) is 4.40 Å². The van der Waals surface area contributed by atoms with Crippen molar-refractivity contribution in [3.8, 4) is 22.3 Å². The van der Waals surface area contributed by atoms with Gasteiger partial charge in [0.2, 0.25) is 0 Å². The van der Waals surface area contributed by atoms with Crippen LogP contribution in [0.3, 0.4) is 0 Å². The number of hydrogen-bond donors (Lipinski definition) is 0. The summed E-state index contributed by atoms with van der Waals surface area (Å²) in [5.74, 6) is 0. The van der Waals surface area contributed by atoms with E-state index in [0.717, 1.165) is 12.8 Å². The molecule has 0 saturated carbocycles. The Kier molecular flexibility index (Phi) is 3.19. The lowest BCUT2D eigenvalue weighted by Gasteiger charge is -2.15. The molecule has 0 aliphatic heterocycles. The van der Waals surface area contributed by atoms with Crippen LogP contribution in [0, 0.1) is 0 Å². The summed E-state index contributed by atoms with van der Waals surface area (Å²) in [5.41, 5.74) is 14.0. The normalized spacial score (nSPS) is 13.5. The van der Waals surface area contributed by atoms with E-state index in [1.165, 1.54) is 82.5 Å². The Balaban J connectivity index is 1.54. The van der Waals surface area contributed by atoms with E-state index in [1.807, 2.05) is 0 Å². The van der Waals surface area contributed by atoms with Crippen molar-refractivity contribution in [2.24, 2.45) is 0 Å². The zero-order valence-electron chi connectivity index (χ0n) is 19.2. The van der Waals surface area contributed by atoms with E-state index < -0.39 is 0 Å². The van der Waals surface area contributed by atoms with Gasteiger partial charge in [-0.2, -0.15) is 0 Å². The van der Waals surface area contributed by atoms with Gasteiger partial charge in [-0.1, -0.05) is 84.9 Å². The molecule has 0 amide bonds. The van der Waals surface area contributed by atoms with Crippen LogP contribution in [0.2, 0.25) is 0 Å². The van der Waals surface area contributed by atoms with Crippen LogP contribution in [0.1, 0.15) is 22.3 Å². The Bertz CT molecular complexity index is 2050. The first kappa shape index (κ1) is 18.0. The van der Waals surface area contributed by atoms with Gasteiger partial charge in [-0.3, -0.25) is 0 Å². The Hall–Kier alpha value is -4.36. The Morgan fingerprint density at radius 3 is 2.17 bits per heavy atom. The SMILES string of the molecule is c1ccc2c(c1)Cc1cc3c4ccc5c(c4c4c6ccccc6cn4c3cc1-2)-c1ccccc1C5. The van der Waals surface area contributed by atoms with Crippen molar-refractivity contribution >= 4 is 38.0 Å². The van der Waals surface area contributed by atoms with Crippen LogP contribution in [0.25, 0.3) is 60.2 Å². The molecule has 0 N–H and O–H groups in total. The van der Waals surface area contributed by atoms with Gasteiger partial charge >= 0.3 is 0 Å². The van der Waals surface area contributed by atoms with Crippen molar-refractivity contribution in [3.63, 3.8) is 0 Å². The van der Waals surface area contributed by atoms with Gasteiger partial charge in [0, 0.05) is 27.7 Å². The third-order valence-corrected chi connectivity index (χ3v) is 8.38. The third-order valence-electron chi connectivity index (χ3n) is 8.38. The molecular weight excluding hydrogens is 422 g/mol. The van der Waals surface area contributed by atoms with Crippen LogP contribution < -0.4 is 0 Å². The van der Waals surface area contributed by atoms with Gasteiger partial charge in [0.15, 0.2) is 0 Å². The van der Waals surface area contributed by atoms with Crippen molar-refractivity contribution in [1.29, 1.82) is 0 Å². The van der Waals surface area contributed by atoms with Gasteiger partial charge in [-0.15, -0.1) is 0 Å². The van der Waals surface area contributed by atoms with E-state index in [2.05, 4.69) is 108 Å². The molecule has 162 valence electrons. The van der Waals surface area contributed by atoms with Gasteiger partial charge < -0.3 is 4.40 Å². The highest BCUT2D eigenvalue weighted by Crippen LogP contribution is 2.48. The summed E-state index contributed by atoms with van der Waals surface area (Å²) in [7, 11) is 0. The molecule has 35 heavy (non-hydrogen) atoms. The molecule has 0 radical (unpaired) electrons. The average molecular weight is 444 g/mol. The van der Waals surface area contributed by atoms with Crippen LogP contribution >= 0.6 is 0 Å². The van der Waals surface area contributed by atoms with E-state index in [-0.39, 0.29) is 0 Å². The predicted octanol–water partition coefficient (Wildman–Crippen LogP) is 8.54. The van der Waals surface area contributed by atoms with E-state index in [9.17, 15) is 0 Å². The van der Waals surface area contributed by atoms with Crippen molar-refractivity contribution < 1.29 is 0 Å². The topological polar surface area (TPSA) is 4.41 Å². The van der Waals surface area contributed by atoms with Gasteiger partial charge in [0.05, 0.1) is 11.0 Å². The highest BCUT2D eigenvalue weighted by Gasteiger charge is 2.26. The van der Waals surface area contributed by atoms with E-state index in [4.69, 9.17) is 0 Å². The van der Waals surface area contributed by atoms with Crippen molar-refractivity contribution in [2.45, 2.75) is 12.8 Å². The monoisotopic (exact) mass is 443 g/mol. The molecule has 1 heteroatoms. The number of aromatic nitrogens is 1. The summed E-state index contributed by atoms with van der Waals surface area (Å²) in [6, 6.07) is 36.4. The first-order chi connectivity index (χ1) is 17.3. The molecule has 0 unspecified atom stereocenters. The maximum Gasteiger partial charge on any atom is 0.0619 e. The second-order valence-corrected chi connectivity index (χ2v) is 10.2. The number of pyridine rings is 1. The summed E-state index contributed by atoms with van der Waals surface area (Å²) in [6.07, 6.45) is 4.38. The van der Waals surface area contributed by atoms with E-state index in [0.29, 0.717) is 0 Å². The molecule has 2 heterocycles. The lowest BCUT2D eigenvalue weighted by molar-refractivity contribution is 1.25. The molecule has 0 saturated heterocycles. The summed E-state index contributed by atoms with van der Waals surface area (Å²) in [6.45, 7) is 0. The van der Waals surface area contributed by atoms with Gasteiger partial charge in [-0.25, -0.2) is 0 Å². The average Bonchev–Trinajstić information content (AvgIpc) is 3.58. The number of fused-ring (bicyclic) bond motifs is 15. The second-order valence-electron chi connectivity index (χ2n) is 10.2. The zero-order chi connectivity index (χ0) is 22.7. The highest BCUT2D eigenvalue weighted by atomic mass is 14.9. The first-order valence-electron chi connectivity index (χ1n) is 12.5. The summed E-state index contributed by atoms with van der Waals surface area (Å²) in [4.78, 5) is 0. The Morgan fingerprint density at radius 1 is 0.514 bits per heavy atom. The fourth-order valence-corrected chi connectivity index (χ4v) is 6.89. The van der Waals surface area contributed by atoms with Crippen LogP contribution in [0.15, 0.2) is 103 Å². The zero-order valence-corrected chi connectivity index (χ0v) is 19.2. The largest absolute Gasteiger partial charge is 0.315 e. The van der Waals surface area contributed by atoms with E-state index in [1.54, 1.807) is 0 Å². The number of nitrogens with zero attached hydrogens (tertiary/aromatic N) is 1. The number of rotatable bonds is 0. The Labute approximate surface area is 202 Å². The Morgan fingerprint density at radius 2 is 1.26 bits per heavy atom. The minimum atomic E-state index is 1.02. The molecule has 5 aromatic carbocycles. The minimum Gasteiger partial charge on any atom is -0.315 e. The minimum absolute atomic E-state index is 1.02. The number of benzene rings is 5. The summed E-state index contributed by atoms with van der Waals surface area (Å²) in [5, 5.41) is 6.75. The predicted molar refractivity (Wildman–Crippen MR) is 146 cm³/mol. The highest BCUT2D eigenvalue weighted by molar-refractivity contribution is 6.25. The quantitative estimate of drug-likeness (QED) is 0.207. The summed E-state index contributed by atoms with van der Waals surface area (Å²) >= 11 is 0. The standard InChI is InChI=1S/C34H21N/c1-4-10-25-20(7-1)16-24-17-30-28-14-13-22-15-21-8-2-5-11-26(21)32(22)33(28)34-27-12-6-3-9-23(27)19-35(34)31(30)18-29(24)25/h1-14,17-19H,15-16H2. The van der Waals surface area contributed by atoms with Crippen molar-refractivity contribution in [2.75, 3.05) is 0 Å². The number of hydrogen-bond acceptors (Lipinski definition) is 0. The van der Waals surface area contributed by atoms with Crippen LogP contribution in [-0.2, 0) is 12.8 Å². The molecule has 2 aliphatic rings. The molecule has 2 aliphatic carbocycles. The molecule has 2 aromatic heterocycles. The van der Waals surface area contributed by atoms with Crippen molar-refractivity contribution in [1.82, 2.24) is 4.40 Å².